The maximum atomic E-state index is 11.9. The number of carboxylic acids is 1. The van der Waals surface area contributed by atoms with Crippen molar-refractivity contribution in [1.29, 1.82) is 0 Å². The summed E-state index contributed by atoms with van der Waals surface area (Å²) >= 11 is 0. The fourth-order valence-corrected chi connectivity index (χ4v) is 2.67. The quantitative estimate of drug-likeness (QED) is 0.857. The van der Waals surface area contributed by atoms with Crippen molar-refractivity contribution in [3.63, 3.8) is 0 Å². The second-order valence-electron chi connectivity index (χ2n) is 5.49. The molecule has 0 amide bonds. The van der Waals surface area contributed by atoms with Crippen molar-refractivity contribution < 1.29 is 15.0 Å². The van der Waals surface area contributed by atoms with E-state index in [4.69, 9.17) is 0 Å². The van der Waals surface area contributed by atoms with Crippen molar-refractivity contribution in [2.45, 2.75) is 20.8 Å². The van der Waals surface area contributed by atoms with E-state index in [0.717, 1.165) is 16.8 Å². The minimum atomic E-state index is -1.01. The van der Waals surface area contributed by atoms with Crippen molar-refractivity contribution in [3.05, 3.63) is 47.2 Å². The van der Waals surface area contributed by atoms with Crippen LogP contribution in [0.3, 0.4) is 0 Å². The van der Waals surface area contributed by atoms with Crippen LogP contribution in [0.5, 0.6) is 0 Å². The highest BCUT2D eigenvalue weighted by Crippen LogP contribution is 2.31. The average molecular weight is 314 g/mol. The molecule has 23 heavy (non-hydrogen) atoms. The lowest BCUT2D eigenvalue weighted by Gasteiger charge is -2.24. The van der Waals surface area contributed by atoms with Crippen molar-refractivity contribution in [2.75, 3.05) is 24.6 Å². The number of aromatic nitrogens is 1. The fraction of sp³-hybridized carbons (Fsp3) is 0.333. The highest BCUT2D eigenvalue weighted by Gasteiger charge is 2.22. The Kier molecular flexibility index (Phi) is 5.34. The molecule has 122 valence electrons. The van der Waals surface area contributed by atoms with Crippen LogP contribution in [0.1, 0.15) is 28.5 Å². The van der Waals surface area contributed by atoms with E-state index in [2.05, 4.69) is 4.98 Å². The van der Waals surface area contributed by atoms with Gasteiger partial charge in [0.1, 0.15) is 11.4 Å². The smallest absolute Gasteiger partial charge is 0.340 e. The fourth-order valence-electron chi connectivity index (χ4n) is 2.67. The Hall–Kier alpha value is -2.40. The molecule has 0 aliphatic carbocycles. The van der Waals surface area contributed by atoms with E-state index in [1.807, 2.05) is 45.0 Å². The zero-order valence-corrected chi connectivity index (χ0v) is 13.7. The van der Waals surface area contributed by atoms with Gasteiger partial charge in [0.2, 0.25) is 0 Å². The molecule has 0 saturated carbocycles. The van der Waals surface area contributed by atoms with Gasteiger partial charge in [0.15, 0.2) is 0 Å². The third-order valence-electron chi connectivity index (χ3n) is 3.72. The molecule has 0 atom stereocenters. The summed E-state index contributed by atoms with van der Waals surface area (Å²) in [6, 6.07) is 9.56. The molecule has 0 fully saturated rings. The normalized spacial score (nSPS) is 10.6. The molecule has 1 heterocycles. The molecular formula is C18H22N2O3. The Morgan fingerprint density at radius 2 is 2.00 bits per heavy atom. The predicted octanol–water partition coefficient (Wildman–Crippen LogP) is 2.88. The summed E-state index contributed by atoms with van der Waals surface area (Å²) < 4.78 is 0. The van der Waals surface area contributed by atoms with Gasteiger partial charge >= 0.3 is 5.97 Å². The van der Waals surface area contributed by atoms with Crippen molar-refractivity contribution in [2.24, 2.45) is 0 Å². The lowest BCUT2D eigenvalue weighted by atomic mass is 9.98. The molecule has 1 aromatic heterocycles. The molecule has 0 aliphatic rings. The van der Waals surface area contributed by atoms with Gasteiger partial charge in [-0.3, -0.25) is 0 Å². The number of hydrogen-bond acceptors (Lipinski definition) is 4. The van der Waals surface area contributed by atoms with E-state index in [9.17, 15) is 15.0 Å². The third-order valence-corrected chi connectivity index (χ3v) is 3.72. The Bertz CT molecular complexity index is 713. The maximum Gasteiger partial charge on any atom is 0.340 e. The van der Waals surface area contributed by atoms with Gasteiger partial charge in [0, 0.05) is 24.3 Å². The van der Waals surface area contributed by atoms with Crippen LogP contribution in [0.25, 0.3) is 11.1 Å². The Balaban J connectivity index is 2.72. The van der Waals surface area contributed by atoms with E-state index in [1.165, 1.54) is 0 Å². The van der Waals surface area contributed by atoms with E-state index < -0.39 is 5.97 Å². The molecule has 5 heteroatoms. The SMILES string of the molecule is CCN(CCO)c1nc(C)cc(-c2cccc(C)c2)c1C(=O)O. The second kappa shape index (κ2) is 7.24. The molecule has 2 rings (SSSR count). The van der Waals surface area contributed by atoms with Crippen LogP contribution >= 0.6 is 0 Å². The van der Waals surface area contributed by atoms with Gasteiger partial charge in [-0.1, -0.05) is 29.8 Å². The number of anilines is 1. The largest absolute Gasteiger partial charge is 0.478 e. The molecule has 0 bridgehead atoms. The zero-order valence-electron chi connectivity index (χ0n) is 13.7. The Morgan fingerprint density at radius 3 is 2.57 bits per heavy atom. The number of aliphatic hydroxyl groups is 1. The highest BCUT2D eigenvalue weighted by atomic mass is 16.4. The number of benzene rings is 1. The third kappa shape index (κ3) is 3.68. The number of hydrogen-bond donors (Lipinski definition) is 2. The first-order valence-corrected chi connectivity index (χ1v) is 7.65. The summed E-state index contributed by atoms with van der Waals surface area (Å²) in [4.78, 5) is 18.1. The zero-order chi connectivity index (χ0) is 17.0. The summed E-state index contributed by atoms with van der Waals surface area (Å²) in [5.41, 5.74) is 3.50. The molecule has 1 aromatic carbocycles. The number of likely N-dealkylation sites (N-methyl/N-ethyl adjacent to an activating group) is 1. The summed E-state index contributed by atoms with van der Waals surface area (Å²) in [6.45, 7) is 6.61. The molecule has 0 spiro atoms. The van der Waals surface area contributed by atoms with Crippen LogP contribution < -0.4 is 4.90 Å². The van der Waals surface area contributed by atoms with Gasteiger partial charge in [-0.2, -0.15) is 0 Å². The van der Waals surface area contributed by atoms with Gasteiger partial charge in [0.05, 0.1) is 6.61 Å². The van der Waals surface area contributed by atoms with Gasteiger partial charge < -0.3 is 15.1 Å². The number of carboxylic acid groups (broad SMARTS) is 1. The Morgan fingerprint density at radius 1 is 1.26 bits per heavy atom. The topological polar surface area (TPSA) is 73.7 Å². The molecule has 0 saturated heterocycles. The number of rotatable bonds is 6. The lowest BCUT2D eigenvalue weighted by molar-refractivity contribution is 0.0698. The number of aromatic carboxylic acids is 1. The van der Waals surface area contributed by atoms with Crippen molar-refractivity contribution in [1.82, 2.24) is 4.98 Å². The van der Waals surface area contributed by atoms with Crippen LogP contribution in [-0.4, -0.2) is 40.9 Å². The number of aliphatic hydroxyl groups excluding tert-OH is 1. The first kappa shape index (κ1) is 17.0. The average Bonchev–Trinajstić information content (AvgIpc) is 2.51. The number of nitrogens with zero attached hydrogens (tertiary/aromatic N) is 2. The first-order chi connectivity index (χ1) is 11.0. The van der Waals surface area contributed by atoms with Gasteiger partial charge in [0.25, 0.3) is 0 Å². The van der Waals surface area contributed by atoms with Crippen LogP contribution in [0, 0.1) is 13.8 Å². The standard InChI is InChI=1S/C18H22N2O3/c1-4-20(8-9-21)17-16(18(22)23)15(11-13(3)19-17)14-7-5-6-12(2)10-14/h5-7,10-11,21H,4,8-9H2,1-3H3,(H,22,23). The van der Waals surface area contributed by atoms with Gasteiger partial charge in [-0.15, -0.1) is 0 Å². The highest BCUT2D eigenvalue weighted by molar-refractivity contribution is 6.01. The number of pyridine rings is 1. The van der Waals surface area contributed by atoms with Gasteiger partial charge in [-0.25, -0.2) is 9.78 Å². The molecule has 0 radical (unpaired) electrons. The summed E-state index contributed by atoms with van der Waals surface area (Å²) in [6.07, 6.45) is 0. The van der Waals surface area contributed by atoms with Crippen LogP contribution in [0.15, 0.2) is 30.3 Å². The Labute approximate surface area is 136 Å². The molecule has 0 unspecified atom stereocenters. The molecule has 0 aliphatic heterocycles. The van der Waals surface area contributed by atoms with Crippen LogP contribution in [-0.2, 0) is 0 Å². The van der Waals surface area contributed by atoms with Gasteiger partial charge in [-0.05, 0) is 32.4 Å². The molecule has 5 nitrogen and oxygen atoms in total. The van der Waals surface area contributed by atoms with E-state index >= 15 is 0 Å². The summed E-state index contributed by atoms with van der Waals surface area (Å²) in [5, 5.41) is 19.0. The van der Waals surface area contributed by atoms with Crippen LogP contribution in [0.2, 0.25) is 0 Å². The maximum absolute atomic E-state index is 11.9. The van der Waals surface area contributed by atoms with E-state index in [1.54, 1.807) is 11.0 Å². The predicted molar refractivity (Wildman–Crippen MR) is 91.1 cm³/mol. The van der Waals surface area contributed by atoms with Crippen LogP contribution in [0.4, 0.5) is 5.82 Å². The van der Waals surface area contributed by atoms with Crippen molar-refractivity contribution >= 4 is 11.8 Å². The number of aryl methyl sites for hydroxylation is 2. The lowest BCUT2D eigenvalue weighted by Crippen LogP contribution is -2.29. The minimum absolute atomic E-state index is 0.0533. The summed E-state index contributed by atoms with van der Waals surface area (Å²) in [7, 11) is 0. The molecular weight excluding hydrogens is 292 g/mol. The first-order valence-electron chi connectivity index (χ1n) is 7.65. The monoisotopic (exact) mass is 314 g/mol. The second-order valence-corrected chi connectivity index (χ2v) is 5.49. The number of carbonyl (C=O) groups is 1. The van der Waals surface area contributed by atoms with Crippen molar-refractivity contribution in [3.8, 4) is 11.1 Å². The molecule has 2 N–H and O–H groups in total. The molecule has 2 aromatic rings. The van der Waals surface area contributed by atoms with E-state index in [-0.39, 0.29) is 12.2 Å². The van der Waals surface area contributed by atoms with E-state index in [0.29, 0.717) is 24.5 Å². The minimum Gasteiger partial charge on any atom is -0.478 e. The summed E-state index contributed by atoms with van der Waals surface area (Å²) in [5.74, 6) is -0.606.